The number of hydrazone groups is 1. The number of carbonyl (C=O) groups is 1. The van der Waals surface area contributed by atoms with Crippen molar-refractivity contribution in [1.82, 2.24) is 5.43 Å². The number of hydrogen-bond donors (Lipinski definition) is 1. The number of halogens is 2. The molecule has 1 heterocycles. The Morgan fingerprint density at radius 2 is 1.96 bits per heavy atom. The van der Waals surface area contributed by atoms with Gasteiger partial charge in [-0.05, 0) is 54.6 Å². The Balaban J connectivity index is 1.52. The zero-order chi connectivity index (χ0) is 19.9. The third-order valence-corrected chi connectivity index (χ3v) is 4.09. The molecule has 0 saturated heterocycles. The van der Waals surface area contributed by atoms with Crippen molar-refractivity contribution in [3.8, 4) is 23.1 Å². The molecule has 1 aromatic heterocycles. The summed E-state index contributed by atoms with van der Waals surface area (Å²) in [6.45, 7) is -0.257. The van der Waals surface area contributed by atoms with E-state index in [4.69, 9.17) is 37.6 Å². The first-order valence-corrected chi connectivity index (χ1v) is 8.81. The summed E-state index contributed by atoms with van der Waals surface area (Å²) in [4.78, 5) is 11.8. The van der Waals surface area contributed by atoms with Crippen LogP contribution in [0.2, 0.25) is 10.0 Å². The van der Waals surface area contributed by atoms with Crippen LogP contribution >= 0.6 is 23.2 Å². The van der Waals surface area contributed by atoms with Gasteiger partial charge in [0.05, 0.1) is 22.9 Å². The maximum atomic E-state index is 11.8. The molecule has 1 amide bonds. The molecule has 2 aromatic carbocycles. The lowest BCUT2D eigenvalue weighted by Crippen LogP contribution is -2.24. The van der Waals surface area contributed by atoms with Gasteiger partial charge in [-0.2, -0.15) is 10.4 Å². The molecule has 0 aliphatic rings. The van der Waals surface area contributed by atoms with Crippen LogP contribution in [0.15, 0.2) is 64.1 Å². The minimum absolute atomic E-state index is 0.257. The number of rotatable bonds is 6. The average molecular weight is 414 g/mol. The molecule has 28 heavy (non-hydrogen) atoms. The lowest BCUT2D eigenvalue weighted by molar-refractivity contribution is -0.123. The van der Waals surface area contributed by atoms with Crippen LogP contribution in [0, 0.1) is 11.3 Å². The first-order valence-electron chi connectivity index (χ1n) is 8.05. The van der Waals surface area contributed by atoms with Crippen molar-refractivity contribution in [1.29, 1.82) is 5.26 Å². The molecule has 0 fully saturated rings. The van der Waals surface area contributed by atoms with E-state index in [1.165, 1.54) is 12.3 Å². The highest BCUT2D eigenvalue weighted by Gasteiger charge is 2.07. The Kier molecular flexibility index (Phi) is 6.33. The van der Waals surface area contributed by atoms with E-state index >= 15 is 0 Å². The van der Waals surface area contributed by atoms with Crippen LogP contribution in [0.25, 0.3) is 11.3 Å². The first kappa shape index (κ1) is 19.5. The second-order valence-corrected chi connectivity index (χ2v) is 6.39. The lowest BCUT2D eigenvalue weighted by Gasteiger charge is -2.06. The number of carbonyl (C=O) groups excluding carboxylic acids is 1. The summed E-state index contributed by atoms with van der Waals surface area (Å²) in [6, 6.07) is 17.3. The summed E-state index contributed by atoms with van der Waals surface area (Å²) in [5.41, 5.74) is 3.74. The fraction of sp³-hybridized carbons (Fsp3) is 0.0500. The summed E-state index contributed by atoms with van der Waals surface area (Å²) >= 11 is 11.8. The van der Waals surface area contributed by atoms with Crippen molar-refractivity contribution in [3.63, 3.8) is 0 Å². The molecular formula is C20H13Cl2N3O3. The molecule has 0 saturated carbocycles. The Morgan fingerprint density at radius 1 is 1.18 bits per heavy atom. The molecule has 0 unspecified atom stereocenters. The molecule has 0 radical (unpaired) electrons. The summed E-state index contributed by atoms with van der Waals surface area (Å²) in [5, 5.41) is 13.4. The average Bonchev–Trinajstić information content (AvgIpc) is 3.16. The summed E-state index contributed by atoms with van der Waals surface area (Å²) < 4.78 is 11.0. The zero-order valence-electron chi connectivity index (χ0n) is 14.4. The van der Waals surface area contributed by atoms with Gasteiger partial charge in [0.1, 0.15) is 17.3 Å². The Hall–Kier alpha value is -3.27. The van der Waals surface area contributed by atoms with E-state index in [1.54, 1.807) is 48.5 Å². The van der Waals surface area contributed by atoms with Gasteiger partial charge >= 0.3 is 0 Å². The van der Waals surface area contributed by atoms with Crippen LogP contribution in [-0.2, 0) is 4.79 Å². The molecule has 0 atom stereocenters. The molecule has 140 valence electrons. The minimum atomic E-state index is -0.457. The standard InChI is InChI=1S/C20H13Cl2N3O3/c21-15-5-7-19(17(22)9-15)27-12-20(26)25-24-11-16-6-8-18(28-16)14-3-1-13(10-23)2-4-14/h1-9,11H,12H2,(H,25,26)/b24-11+. The second-order valence-electron chi connectivity index (χ2n) is 5.55. The van der Waals surface area contributed by atoms with Crippen LogP contribution in [-0.4, -0.2) is 18.7 Å². The van der Waals surface area contributed by atoms with Crippen LogP contribution in [0.1, 0.15) is 11.3 Å². The van der Waals surface area contributed by atoms with Gasteiger partial charge in [0.25, 0.3) is 5.91 Å². The maximum absolute atomic E-state index is 11.8. The minimum Gasteiger partial charge on any atom is -0.482 e. The maximum Gasteiger partial charge on any atom is 0.277 e. The lowest BCUT2D eigenvalue weighted by atomic mass is 10.1. The second kappa shape index (κ2) is 9.09. The van der Waals surface area contributed by atoms with Crippen molar-refractivity contribution in [2.75, 3.05) is 6.61 Å². The van der Waals surface area contributed by atoms with Gasteiger partial charge in [-0.15, -0.1) is 0 Å². The third-order valence-electron chi connectivity index (χ3n) is 3.56. The van der Waals surface area contributed by atoms with E-state index in [9.17, 15) is 4.79 Å². The molecule has 1 N–H and O–H groups in total. The number of nitrogens with zero attached hydrogens (tertiary/aromatic N) is 2. The topological polar surface area (TPSA) is 87.6 Å². The first-order chi connectivity index (χ1) is 13.5. The highest BCUT2D eigenvalue weighted by Crippen LogP contribution is 2.27. The van der Waals surface area contributed by atoms with Crippen molar-refractivity contribution >= 4 is 35.3 Å². The van der Waals surface area contributed by atoms with E-state index in [1.807, 2.05) is 0 Å². The third kappa shape index (κ3) is 5.13. The molecule has 0 spiro atoms. The molecule has 0 aliphatic carbocycles. The molecule has 0 bridgehead atoms. The number of nitrogens with one attached hydrogen (secondary N) is 1. The predicted molar refractivity (Wildman–Crippen MR) is 107 cm³/mol. The van der Waals surface area contributed by atoms with E-state index in [0.29, 0.717) is 32.9 Å². The van der Waals surface area contributed by atoms with Gasteiger partial charge in [-0.25, -0.2) is 5.43 Å². The van der Waals surface area contributed by atoms with Gasteiger partial charge in [-0.3, -0.25) is 4.79 Å². The SMILES string of the molecule is N#Cc1ccc(-c2ccc(/C=N/NC(=O)COc3ccc(Cl)cc3Cl)o2)cc1. The van der Waals surface area contributed by atoms with Crippen molar-refractivity contribution in [3.05, 3.63) is 76.0 Å². The molecule has 3 rings (SSSR count). The van der Waals surface area contributed by atoms with Gasteiger partial charge in [0.15, 0.2) is 6.61 Å². The predicted octanol–water partition coefficient (Wildman–Crippen LogP) is 4.65. The highest BCUT2D eigenvalue weighted by atomic mass is 35.5. The highest BCUT2D eigenvalue weighted by molar-refractivity contribution is 6.35. The Labute approximate surface area is 170 Å². The zero-order valence-corrected chi connectivity index (χ0v) is 15.9. The van der Waals surface area contributed by atoms with Gasteiger partial charge < -0.3 is 9.15 Å². The Morgan fingerprint density at radius 3 is 2.68 bits per heavy atom. The van der Waals surface area contributed by atoms with Gasteiger partial charge in [0, 0.05) is 10.6 Å². The van der Waals surface area contributed by atoms with Crippen LogP contribution in [0.4, 0.5) is 0 Å². The van der Waals surface area contributed by atoms with E-state index in [0.717, 1.165) is 5.56 Å². The van der Waals surface area contributed by atoms with Crippen molar-refractivity contribution < 1.29 is 13.9 Å². The molecular weight excluding hydrogens is 401 g/mol. The molecule has 3 aromatic rings. The number of nitriles is 1. The fourth-order valence-electron chi connectivity index (χ4n) is 2.22. The fourth-order valence-corrected chi connectivity index (χ4v) is 2.69. The molecule has 6 nitrogen and oxygen atoms in total. The van der Waals surface area contributed by atoms with E-state index in [2.05, 4.69) is 16.6 Å². The number of ether oxygens (including phenoxy) is 1. The van der Waals surface area contributed by atoms with Crippen molar-refractivity contribution in [2.24, 2.45) is 5.10 Å². The molecule has 0 aliphatic heterocycles. The number of benzene rings is 2. The van der Waals surface area contributed by atoms with Crippen LogP contribution < -0.4 is 10.2 Å². The Bertz CT molecular complexity index is 1050. The van der Waals surface area contributed by atoms with E-state index in [-0.39, 0.29) is 6.61 Å². The number of hydrogen-bond acceptors (Lipinski definition) is 5. The van der Waals surface area contributed by atoms with Crippen molar-refractivity contribution in [2.45, 2.75) is 0 Å². The summed E-state index contributed by atoms with van der Waals surface area (Å²) in [7, 11) is 0. The van der Waals surface area contributed by atoms with E-state index < -0.39 is 5.91 Å². The number of amides is 1. The number of furan rings is 1. The smallest absolute Gasteiger partial charge is 0.277 e. The largest absolute Gasteiger partial charge is 0.482 e. The summed E-state index contributed by atoms with van der Waals surface area (Å²) in [6.07, 6.45) is 1.38. The summed E-state index contributed by atoms with van der Waals surface area (Å²) in [5.74, 6) is 0.976. The quantitative estimate of drug-likeness (QED) is 0.470. The van der Waals surface area contributed by atoms with Crippen LogP contribution in [0.5, 0.6) is 5.75 Å². The normalized spacial score (nSPS) is 10.6. The monoisotopic (exact) mass is 413 g/mol. The molecule has 8 heteroatoms. The van der Waals surface area contributed by atoms with Crippen LogP contribution in [0.3, 0.4) is 0 Å². The van der Waals surface area contributed by atoms with Gasteiger partial charge in [0.2, 0.25) is 0 Å². The van der Waals surface area contributed by atoms with Gasteiger partial charge in [-0.1, -0.05) is 23.2 Å².